The third kappa shape index (κ3) is 2.51. The van der Waals surface area contributed by atoms with E-state index in [4.69, 9.17) is 0 Å². The van der Waals surface area contributed by atoms with Crippen LogP contribution in [0.4, 0.5) is 5.82 Å². The molecule has 6 heteroatoms. The van der Waals surface area contributed by atoms with Gasteiger partial charge in [0.1, 0.15) is 6.33 Å². The zero-order chi connectivity index (χ0) is 12.3. The lowest BCUT2D eigenvalue weighted by atomic mass is 10.1. The van der Waals surface area contributed by atoms with Crippen molar-refractivity contribution in [1.82, 2.24) is 25.0 Å². The number of hydrogen-bond donors (Lipinski definition) is 1. The summed E-state index contributed by atoms with van der Waals surface area (Å²) in [4.78, 5) is 8.34. The van der Waals surface area contributed by atoms with E-state index in [1.165, 1.54) is 12.7 Å². The first-order valence-corrected chi connectivity index (χ1v) is 5.94. The van der Waals surface area contributed by atoms with E-state index in [-0.39, 0.29) is 0 Å². The maximum atomic E-state index is 4.23. The van der Waals surface area contributed by atoms with E-state index in [9.17, 15) is 0 Å². The van der Waals surface area contributed by atoms with Crippen molar-refractivity contribution in [2.24, 2.45) is 5.92 Å². The van der Waals surface area contributed by atoms with Gasteiger partial charge in [-0.15, -0.1) is 5.10 Å². The summed E-state index contributed by atoms with van der Waals surface area (Å²) in [6.07, 6.45) is 3.82. The van der Waals surface area contributed by atoms with E-state index in [1.807, 2.05) is 11.7 Å². The van der Waals surface area contributed by atoms with Crippen LogP contribution in [0.1, 0.15) is 26.7 Å². The first-order chi connectivity index (χ1) is 8.22. The normalized spacial score (nSPS) is 11.3. The van der Waals surface area contributed by atoms with Gasteiger partial charge in [0.25, 0.3) is 0 Å². The topological polar surface area (TPSA) is 68.5 Å². The number of rotatable bonds is 5. The van der Waals surface area contributed by atoms with Gasteiger partial charge in [-0.25, -0.2) is 14.6 Å². The van der Waals surface area contributed by atoms with E-state index < -0.39 is 0 Å². The highest BCUT2D eigenvalue weighted by molar-refractivity contribution is 5.81. The Morgan fingerprint density at radius 1 is 1.35 bits per heavy atom. The molecular formula is C11H18N6. The molecule has 0 aliphatic rings. The van der Waals surface area contributed by atoms with Crippen molar-refractivity contribution >= 4 is 17.0 Å². The number of hydrogen-bond acceptors (Lipinski definition) is 5. The zero-order valence-corrected chi connectivity index (χ0v) is 10.5. The number of nitrogens with one attached hydrogen (secondary N) is 1. The number of nitrogens with zero attached hydrogens (tertiary/aromatic N) is 5. The van der Waals surface area contributed by atoms with Crippen molar-refractivity contribution < 1.29 is 0 Å². The Morgan fingerprint density at radius 3 is 2.88 bits per heavy atom. The summed E-state index contributed by atoms with van der Waals surface area (Å²) in [6, 6.07) is 0. The Labute approximate surface area is 100 Å². The van der Waals surface area contributed by atoms with Crippen LogP contribution >= 0.6 is 0 Å². The molecule has 17 heavy (non-hydrogen) atoms. The molecule has 2 aromatic rings. The lowest BCUT2D eigenvalue weighted by Gasteiger charge is -2.04. The van der Waals surface area contributed by atoms with Crippen LogP contribution in [0.25, 0.3) is 11.2 Å². The second kappa shape index (κ2) is 5.07. The minimum absolute atomic E-state index is 0.715. The third-order valence-electron chi connectivity index (χ3n) is 2.69. The molecule has 0 bridgehead atoms. The average molecular weight is 234 g/mol. The summed E-state index contributed by atoms with van der Waals surface area (Å²) in [5, 5.41) is 11.2. The Kier molecular flexibility index (Phi) is 3.51. The molecule has 2 aromatic heterocycles. The molecule has 0 unspecified atom stereocenters. The van der Waals surface area contributed by atoms with Gasteiger partial charge in [0.15, 0.2) is 17.0 Å². The first kappa shape index (κ1) is 11.8. The molecule has 2 rings (SSSR count). The van der Waals surface area contributed by atoms with E-state index in [0.29, 0.717) is 5.92 Å². The van der Waals surface area contributed by atoms with Crippen molar-refractivity contribution in [2.45, 2.75) is 33.2 Å². The summed E-state index contributed by atoms with van der Waals surface area (Å²) in [5.41, 5.74) is 1.53. The van der Waals surface area contributed by atoms with Crippen LogP contribution in [0.5, 0.6) is 0 Å². The molecule has 1 N–H and O–H groups in total. The lowest BCUT2D eigenvalue weighted by Crippen LogP contribution is -2.03. The minimum atomic E-state index is 0.715. The van der Waals surface area contributed by atoms with Crippen molar-refractivity contribution in [1.29, 1.82) is 0 Å². The van der Waals surface area contributed by atoms with E-state index >= 15 is 0 Å². The molecule has 6 nitrogen and oxygen atoms in total. The second-order valence-electron chi connectivity index (χ2n) is 4.49. The first-order valence-electron chi connectivity index (χ1n) is 5.94. The van der Waals surface area contributed by atoms with Crippen LogP contribution in [-0.2, 0) is 6.54 Å². The highest BCUT2D eigenvalue weighted by Gasteiger charge is 2.10. The molecule has 2 heterocycles. The van der Waals surface area contributed by atoms with Crippen molar-refractivity contribution in [2.75, 3.05) is 12.4 Å². The van der Waals surface area contributed by atoms with Gasteiger partial charge < -0.3 is 5.32 Å². The van der Waals surface area contributed by atoms with Gasteiger partial charge >= 0.3 is 0 Å². The fourth-order valence-corrected chi connectivity index (χ4v) is 1.77. The highest BCUT2D eigenvalue weighted by Crippen LogP contribution is 2.15. The van der Waals surface area contributed by atoms with Gasteiger partial charge in [0, 0.05) is 13.6 Å². The monoisotopic (exact) mass is 234 g/mol. The summed E-state index contributed by atoms with van der Waals surface area (Å²) < 4.78 is 1.85. The van der Waals surface area contributed by atoms with Gasteiger partial charge in [-0.1, -0.05) is 19.1 Å². The molecule has 0 aromatic carbocycles. The molecular weight excluding hydrogens is 216 g/mol. The fraction of sp³-hybridized carbons (Fsp3) is 0.636. The predicted octanol–water partition coefficient (Wildman–Crippen LogP) is 1.70. The van der Waals surface area contributed by atoms with Crippen molar-refractivity contribution in [3.8, 4) is 0 Å². The maximum absolute atomic E-state index is 4.23. The van der Waals surface area contributed by atoms with Crippen LogP contribution in [0.2, 0.25) is 0 Å². The molecule has 0 aliphatic carbocycles. The Morgan fingerprint density at radius 2 is 2.18 bits per heavy atom. The summed E-state index contributed by atoms with van der Waals surface area (Å²) >= 11 is 0. The van der Waals surface area contributed by atoms with Gasteiger partial charge in [0.05, 0.1) is 0 Å². The molecule has 92 valence electrons. The number of fused-ring (bicyclic) bond motifs is 1. The summed E-state index contributed by atoms with van der Waals surface area (Å²) in [5.74, 6) is 1.44. The maximum Gasteiger partial charge on any atom is 0.183 e. The standard InChI is InChI=1S/C11H18N6/c1-8(2)5-4-6-17-11-9(15-16-17)10(12-3)13-7-14-11/h7-8H,4-6H2,1-3H3,(H,12,13,14). The number of anilines is 1. The average Bonchev–Trinajstić information content (AvgIpc) is 2.72. The Hall–Kier alpha value is -1.72. The van der Waals surface area contributed by atoms with Crippen molar-refractivity contribution in [3.63, 3.8) is 0 Å². The van der Waals surface area contributed by atoms with Crippen LogP contribution in [0.3, 0.4) is 0 Å². The van der Waals surface area contributed by atoms with Crippen LogP contribution < -0.4 is 5.32 Å². The zero-order valence-electron chi connectivity index (χ0n) is 10.5. The second-order valence-corrected chi connectivity index (χ2v) is 4.49. The van der Waals surface area contributed by atoms with Crippen LogP contribution in [0.15, 0.2) is 6.33 Å². The summed E-state index contributed by atoms with van der Waals surface area (Å²) in [7, 11) is 1.82. The van der Waals surface area contributed by atoms with Gasteiger partial charge in [-0.05, 0) is 18.8 Å². The van der Waals surface area contributed by atoms with E-state index in [0.717, 1.165) is 29.9 Å². The Bertz CT molecular complexity index is 490. The molecule has 0 saturated heterocycles. The van der Waals surface area contributed by atoms with Crippen LogP contribution in [-0.4, -0.2) is 32.0 Å². The molecule has 0 spiro atoms. The van der Waals surface area contributed by atoms with Gasteiger partial charge in [0.2, 0.25) is 0 Å². The SMILES string of the molecule is CNc1ncnc2c1nnn2CCCC(C)C. The highest BCUT2D eigenvalue weighted by atomic mass is 15.4. The third-order valence-corrected chi connectivity index (χ3v) is 2.69. The molecule has 0 atom stereocenters. The smallest absolute Gasteiger partial charge is 0.183 e. The van der Waals surface area contributed by atoms with Gasteiger partial charge in [-0.3, -0.25) is 0 Å². The van der Waals surface area contributed by atoms with E-state index in [2.05, 4.69) is 39.4 Å². The van der Waals surface area contributed by atoms with Crippen molar-refractivity contribution in [3.05, 3.63) is 6.33 Å². The largest absolute Gasteiger partial charge is 0.371 e. The molecule has 0 aliphatic heterocycles. The molecule has 0 radical (unpaired) electrons. The number of aryl methyl sites for hydroxylation is 1. The number of aromatic nitrogens is 5. The Balaban J connectivity index is 2.18. The summed E-state index contributed by atoms with van der Waals surface area (Å²) in [6.45, 7) is 5.30. The molecule has 0 fully saturated rings. The fourth-order valence-electron chi connectivity index (χ4n) is 1.77. The molecule has 0 saturated carbocycles. The van der Waals surface area contributed by atoms with Crippen LogP contribution in [0, 0.1) is 5.92 Å². The lowest BCUT2D eigenvalue weighted by molar-refractivity contribution is 0.488. The predicted molar refractivity (Wildman–Crippen MR) is 66.7 cm³/mol. The minimum Gasteiger partial charge on any atom is -0.371 e. The quantitative estimate of drug-likeness (QED) is 0.852. The molecule has 0 amide bonds. The van der Waals surface area contributed by atoms with Gasteiger partial charge in [-0.2, -0.15) is 0 Å². The van der Waals surface area contributed by atoms with E-state index in [1.54, 1.807) is 0 Å².